The third-order valence-corrected chi connectivity index (χ3v) is 7.02. The number of carboxylic acids is 1. The van der Waals surface area contributed by atoms with Gasteiger partial charge in [0.05, 0.1) is 13.2 Å². The molecular formula is C33H54NO10P. The van der Waals surface area contributed by atoms with Gasteiger partial charge in [-0.15, -0.1) is 0 Å². The minimum atomic E-state index is -4.74. The summed E-state index contributed by atoms with van der Waals surface area (Å²) in [6, 6.07) is -1.55. The van der Waals surface area contributed by atoms with Crippen LogP contribution in [0.5, 0.6) is 0 Å². The van der Waals surface area contributed by atoms with Gasteiger partial charge in [-0.2, -0.15) is 0 Å². The van der Waals surface area contributed by atoms with Crippen LogP contribution in [0.15, 0.2) is 60.8 Å². The van der Waals surface area contributed by atoms with E-state index >= 15 is 0 Å². The second-order valence-electron chi connectivity index (χ2n) is 10.3. The summed E-state index contributed by atoms with van der Waals surface area (Å²) in [5.74, 6) is -2.48. The molecule has 0 saturated carbocycles. The molecule has 0 aromatic carbocycles. The second kappa shape index (κ2) is 28.6. The molecule has 3 atom stereocenters. The molecule has 0 aromatic rings. The van der Waals surface area contributed by atoms with E-state index in [1.165, 1.54) is 0 Å². The fourth-order valence-electron chi connectivity index (χ4n) is 3.58. The van der Waals surface area contributed by atoms with Crippen LogP contribution in [0.3, 0.4) is 0 Å². The Bertz CT molecular complexity index is 1010. The van der Waals surface area contributed by atoms with Gasteiger partial charge in [-0.05, 0) is 51.4 Å². The molecule has 0 aromatic heterocycles. The van der Waals surface area contributed by atoms with E-state index < -0.39 is 57.6 Å². The molecule has 0 aliphatic rings. The molecule has 0 spiro atoms. The third-order valence-electron chi connectivity index (χ3n) is 6.07. The van der Waals surface area contributed by atoms with Crippen molar-refractivity contribution in [3.8, 4) is 0 Å². The largest absolute Gasteiger partial charge is 0.480 e. The summed E-state index contributed by atoms with van der Waals surface area (Å²) in [6.45, 7) is 2.19. The molecule has 0 aliphatic carbocycles. The highest BCUT2D eigenvalue weighted by Crippen LogP contribution is 2.43. The number of amides is 1. The number of aliphatic carboxylic acids is 1. The number of carbonyl (C=O) groups excluding carboxylic acids is 2. The predicted octanol–water partition coefficient (Wildman–Crippen LogP) is 6.49. The zero-order valence-corrected chi connectivity index (χ0v) is 27.8. The lowest BCUT2D eigenvalue weighted by Crippen LogP contribution is -2.43. The number of phosphoric ester groups is 1. The van der Waals surface area contributed by atoms with Gasteiger partial charge in [-0.1, -0.05) is 93.9 Å². The first kappa shape index (κ1) is 42.2. The number of unbranched alkanes of at least 4 members (excludes halogenated alkanes) is 4. The Balaban J connectivity index is 4.05. The van der Waals surface area contributed by atoms with E-state index in [0.717, 1.165) is 51.4 Å². The molecule has 0 radical (unpaired) electrons. The molecule has 0 fully saturated rings. The Kier molecular flexibility index (Phi) is 26.8. The summed E-state index contributed by atoms with van der Waals surface area (Å²) in [7, 11) is -4.74. The van der Waals surface area contributed by atoms with Crippen LogP contribution in [0.2, 0.25) is 0 Å². The highest BCUT2D eigenvalue weighted by Gasteiger charge is 2.28. The molecule has 0 aliphatic heterocycles. The minimum absolute atomic E-state index is 0.130. The number of hydrogen-bond acceptors (Lipinski definition) is 8. The highest BCUT2D eigenvalue weighted by molar-refractivity contribution is 7.47. The first-order chi connectivity index (χ1) is 21.6. The van der Waals surface area contributed by atoms with Gasteiger partial charge in [0, 0.05) is 12.8 Å². The van der Waals surface area contributed by atoms with Crippen molar-refractivity contribution in [2.75, 3.05) is 19.8 Å². The lowest BCUT2D eigenvalue weighted by Gasteiger charge is -2.18. The molecule has 11 nitrogen and oxygen atoms in total. The van der Waals surface area contributed by atoms with Crippen molar-refractivity contribution in [2.24, 2.45) is 0 Å². The van der Waals surface area contributed by atoms with Crippen LogP contribution in [0.1, 0.15) is 97.3 Å². The van der Waals surface area contributed by atoms with Crippen LogP contribution in [-0.4, -0.2) is 64.9 Å². The highest BCUT2D eigenvalue weighted by atomic mass is 31.2. The molecule has 0 saturated heterocycles. The monoisotopic (exact) mass is 655 g/mol. The summed E-state index contributed by atoms with van der Waals surface area (Å²) >= 11 is 0. The molecular weight excluding hydrogens is 601 g/mol. The topological polar surface area (TPSA) is 169 Å². The molecule has 0 rings (SSSR count). The second-order valence-corrected chi connectivity index (χ2v) is 11.7. The quantitative estimate of drug-likeness (QED) is 0.0317. The molecule has 12 heteroatoms. The van der Waals surface area contributed by atoms with Crippen molar-refractivity contribution >= 4 is 25.7 Å². The zero-order valence-electron chi connectivity index (χ0n) is 26.9. The van der Waals surface area contributed by atoms with Crippen molar-refractivity contribution in [3.63, 3.8) is 0 Å². The number of aliphatic hydroxyl groups excluding tert-OH is 1. The van der Waals surface area contributed by atoms with Gasteiger partial charge < -0.3 is 25.2 Å². The molecule has 1 amide bonds. The summed E-state index contributed by atoms with van der Waals surface area (Å²) in [5.41, 5.74) is 0. The summed E-state index contributed by atoms with van der Waals surface area (Å²) in [4.78, 5) is 45.0. The van der Waals surface area contributed by atoms with E-state index in [0.29, 0.717) is 19.3 Å². The van der Waals surface area contributed by atoms with Crippen LogP contribution < -0.4 is 5.32 Å². The molecule has 0 heterocycles. The van der Waals surface area contributed by atoms with Gasteiger partial charge in [-0.25, -0.2) is 9.36 Å². The van der Waals surface area contributed by atoms with Gasteiger partial charge in [0.25, 0.3) is 0 Å². The summed E-state index contributed by atoms with van der Waals surface area (Å²) in [6.07, 6.45) is 29.3. The number of aliphatic hydroxyl groups is 1. The van der Waals surface area contributed by atoms with Crippen LogP contribution in [-0.2, 0) is 32.7 Å². The number of carbonyl (C=O) groups is 3. The van der Waals surface area contributed by atoms with Crippen molar-refractivity contribution < 1.29 is 47.8 Å². The van der Waals surface area contributed by atoms with Gasteiger partial charge in [0.2, 0.25) is 5.91 Å². The van der Waals surface area contributed by atoms with E-state index in [2.05, 4.69) is 69.9 Å². The van der Waals surface area contributed by atoms with Crippen molar-refractivity contribution in [2.45, 2.75) is 109 Å². The first-order valence-corrected chi connectivity index (χ1v) is 17.3. The number of rotatable bonds is 28. The van der Waals surface area contributed by atoms with Crippen molar-refractivity contribution in [1.82, 2.24) is 5.32 Å². The SMILES string of the molecule is CC/C=C\C/C=C\C/C=C\C/C=C\C/C=C\CCCC(=O)OCC(O)COP(=O)(O)OCC(NC(=O)CCCCCC)C(=O)O. The van der Waals surface area contributed by atoms with E-state index in [1.54, 1.807) is 0 Å². The number of nitrogens with one attached hydrogen (secondary N) is 1. The van der Waals surface area contributed by atoms with E-state index in [1.807, 2.05) is 19.1 Å². The maximum absolute atomic E-state index is 12.1. The maximum atomic E-state index is 12.1. The Labute approximate surface area is 268 Å². The zero-order chi connectivity index (χ0) is 33.6. The number of hydrogen-bond donors (Lipinski definition) is 4. The number of phosphoric acid groups is 1. The number of carboxylic acid groups (broad SMARTS) is 1. The van der Waals surface area contributed by atoms with E-state index in [9.17, 15) is 34.1 Å². The van der Waals surface area contributed by atoms with Gasteiger partial charge in [0.15, 0.2) is 6.04 Å². The summed E-state index contributed by atoms with van der Waals surface area (Å²) < 4.78 is 26.4. The average molecular weight is 656 g/mol. The summed E-state index contributed by atoms with van der Waals surface area (Å²) in [5, 5.41) is 21.4. The van der Waals surface area contributed by atoms with Crippen LogP contribution in [0.25, 0.3) is 0 Å². The Hall–Kier alpha value is -2.82. The lowest BCUT2D eigenvalue weighted by atomic mass is 10.1. The van der Waals surface area contributed by atoms with Crippen molar-refractivity contribution in [1.29, 1.82) is 0 Å². The van der Waals surface area contributed by atoms with E-state index in [-0.39, 0.29) is 12.8 Å². The fraction of sp³-hybridized carbons (Fsp3) is 0.606. The minimum Gasteiger partial charge on any atom is -0.480 e. The van der Waals surface area contributed by atoms with Gasteiger partial charge >= 0.3 is 19.8 Å². The first-order valence-electron chi connectivity index (χ1n) is 15.8. The number of esters is 1. The fourth-order valence-corrected chi connectivity index (χ4v) is 4.35. The third kappa shape index (κ3) is 28.4. The number of allylic oxidation sites excluding steroid dienone is 10. The Morgan fingerprint density at radius 1 is 0.733 bits per heavy atom. The van der Waals surface area contributed by atoms with Gasteiger partial charge in [-0.3, -0.25) is 18.6 Å². The van der Waals surface area contributed by atoms with Crippen LogP contribution in [0.4, 0.5) is 0 Å². The molecule has 256 valence electrons. The normalized spacial score (nSPS) is 14.9. The van der Waals surface area contributed by atoms with Crippen LogP contribution in [0, 0.1) is 0 Å². The Morgan fingerprint density at radius 2 is 1.29 bits per heavy atom. The molecule has 3 unspecified atom stereocenters. The van der Waals surface area contributed by atoms with E-state index in [4.69, 9.17) is 4.74 Å². The van der Waals surface area contributed by atoms with Gasteiger partial charge in [0.1, 0.15) is 12.7 Å². The Morgan fingerprint density at radius 3 is 1.84 bits per heavy atom. The maximum Gasteiger partial charge on any atom is 0.472 e. The average Bonchev–Trinajstić information content (AvgIpc) is 3.00. The number of ether oxygens (including phenoxy) is 1. The smallest absolute Gasteiger partial charge is 0.472 e. The van der Waals surface area contributed by atoms with Crippen LogP contribution >= 0.6 is 7.82 Å². The van der Waals surface area contributed by atoms with Crippen molar-refractivity contribution in [3.05, 3.63) is 60.8 Å². The lowest BCUT2D eigenvalue weighted by molar-refractivity contribution is -0.147. The molecule has 0 bridgehead atoms. The predicted molar refractivity (Wildman–Crippen MR) is 175 cm³/mol. The molecule has 45 heavy (non-hydrogen) atoms. The molecule has 4 N–H and O–H groups in total. The standard InChI is InChI=1S/C33H54NO10P/c1-3-5-7-9-10-11-12-13-14-15-16-17-18-19-20-21-23-25-32(37)42-26-29(35)27-43-45(40,41)44-28-30(33(38)39)34-31(36)24-22-8-6-4-2/h5,7,10-11,13-14,16-17,19-20,29-30,35H,3-4,6,8-9,12,15,18,21-28H2,1-2H3,(H,34,36)(H,38,39)(H,40,41)/b7-5-,11-10-,14-13-,17-16-,20-19-.